The largest absolute Gasteiger partial charge is 0.455 e. The lowest BCUT2D eigenvalue weighted by Gasteiger charge is -1.99. The van der Waals surface area contributed by atoms with Gasteiger partial charge < -0.3 is 4.42 Å². The van der Waals surface area contributed by atoms with Gasteiger partial charge in [-0.2, -0.15) is 5.10 Å². The van der Waals surface area contributed by atoms with Gasteiger partial charge in [-0.05, 0) is 65.1 Å². The summed E-state index contributed by atoms with van der Waals surface area (Å²) in [6.45, 7) is 0. The Morgan fingerprint density at radius 3 is 2.67 bits per heavy atom. The predicted molar refractivity (Wildman–Crippen MR) is 106 cm³/mol. The number of hydrazone groups is 1. The first-order valence-electron chi connectivity index (χ1n) is 7.06. The number of furan rings is 1. The molecule has 0 saturated carbocycles. The highest BCUT2D eigenvalue weighted by atomic mass is 127. The lowest BCUT2D eigenvalue weighted by molar-refractivity contribution is 0.0955. The first kappa shape index (κ1) is 16.9. The van der Waals surface area contributed by atoms with E-state index in [1.54, 1.807) is 18.2 Å². The number of carbonyl (C=O) groups excluding carboxylic acids is 1. The molecule has 0 aliphatic heterocycles. The SMILES string of the molecule is O=C(N/N=C\c1ccc(-c2ccc(Br)cc2)o1)c1cccc(I)c1. The molecular formula is C18H12BrIN2O2. The van der Waals surface area contributed by atoms with E-state index in [0.717, 1.165) is 19.4 Å². The molecule has 3 rings (SSSR count). The summed E-state index contributed by atoms with van der Waals surface area (Å²) in [6, 6.07) is 18.8. The van der Waals surface area contributed by atoms with E-state index in [1.165, 1.54) is 6.21 Å². The number of nitrogens with zero attached hydrogens (tertiary/aromatic N) is 1. The van der Waals surface area contributed by atoms with Crippen LogP contribution in [-0.2, 0) is 0 Å². The van der Waals surface area contributed by atoms with E-state index in [9.17, 15) is 4.79 Å². The zero-order valence-electron chi connectivity index (χ0n) is 12.4. The molecule has 4 nitrogen and oxygen atoms in total. The van der Waals surface area contributed by atoms with Crippen molar-refractivity contribution in [1.29, 1.82) is 0 Å². The van der Waals surface area contributed by atoms with Crippen molar-refractivity contribution in [2.24, 2.45) is 5.10 Å². The average Bonchev–Trinajstić information content (AvgIpc) is 3.04. The van der Waals surface area contributed by atoms with Crippen molar-refractivity contribution in [2.45, 2.75) is 0 Å². The smallest absolute Gasteiger partial charge is 0.271 e. The molecule has 0 unspecified atom stereocenters. The lowest BCUT2D eigenvalue weighted by Crippen LogP contribution is -2.17. The van der Waals surface area contributed by atoms with Crippen LogP contribution in [0.3, 0.4) is 0 Å². The van der Waals surface area contributed by atoms with E-state index >= 15 is 0 Å². The topological polar surface area (TPSA) is 54.6 Å². The van der Waals surface area contributed by atoms with Crippen LogP contribution in [0.25, 0.3) is 11.3 Å². The fraction of sp³-hybridized carbons (Fsp3) is 0. The lowest BCUT2D eigenvalue weighted by atomic mass is 10.2. The summed E-state index contributed by atoms with van der Waals surface area (Å²) >= 11 is 5.56. The molecule has 0 bridgehead atoms. The third-order valence-corrected chi connectivity index (χ3v) is 4.40. The second-order valence-electron chi connectivity index (χ2n) is 4.92. The second kappa shape index (κ2) is 7.76. The fourth-order valence-corrected chi connectivity index (χ4v) is 2.85. The normalized spacial score (nSPS) is 10.9. The van der Waals surface area contributed by atoms with Crippen molar-refractivity contribution in [3.8, 4) is 11.3 Å². The first-order valence-corrected chi connectivity index (χ1v) is 8.94. The molecule has 0 aliphatic carbocycles. The number of hydrogen-bond acceptors (Lipinski definition) is 3. The van der Waals surface area contributed by atoms with Crippen molar-refractivity contribution in [3.05, 3.63) is 80.0 Å². The number of halogens is 2. The Labute approximate surface area is 161 Å². The van der Waals surface area contributed by atoms with Crippen LogP contribution in [0.1, 0.15) is 16.1 Å². The van der Waals surface area contributed by atoms with Gasteiger partial charge in [-0.1, -0.05) is 34.1 Å². The van der Waals surface area contributed by atoms with E-state index in [0.29, 0.717) is 11.3 Å². The number of nitrogens with one attached hydrogen (secondary N) is 1. The third-order valence-electron chi connectivity index (χ3n) is 3.20. The highest BCUT2D eigenvalue weighted by Crippen LogP contribution is 2.23. The molecule has 3 aromatic rings. The maximum Gasteiger partial charge on any atom is 0.271 e. The molecule has 1 amide bonds. The van der Waals surface area contributed by atoms with Crippen molar-refractivity contribution >= 4 is 50.6 Å². The van der Waals surface area contributed by atoms with Crippen LogP contribution in [0, 0.1) is 3.57 Å². The van der Waals surface area contributed by atoms with Crippen LogP contribution in [0.2, 0.25) is 0 Å². The van der Waals surface area contributed by atoms with Crippen LogP contribution in [0.4, 0.5) is 0 Å². The molecule has 0 saturated heterocycles. The molecule has 1 aromatic heterocycles. The molecule has 2 aromatic carbocycles. The van der Waals surface area contributed by atoms with Crippen LogP contribution in [-0.4, -0.2) is 12.1 Å². The molecule has 0 aliphatic rings. The highest BCUT2D eigenvalue weighted by molar-refractivity contribution is 14.1. The third kappa shape index (κ3) is 4.33. The summed E-state index contributed by atoms with van der Waals surface area (Å²) in [6.07, 6.45) is 1.48. The summed E-state index contributed by atoms with van der Waals surface area (Å²) in [4.78, 5) is 12.0. The van der Waals surface area contributed by atoms with E-state index in [4.69, 9.17) is 4.42 Å². The van der Waals surface area contributed by atoms with Crippen molar-refractivity contribution in [2.75, 3.05) is 0 Å². The molecule has 0 radical (unpaired) electrons. The number of amides is 1. The minimum absolute atomic E-state index is 0.260. The van der Waals surface area contributed by atoms with E-state index in [-0.39, 0.29) is 5.91 Å². The molecule has 1 N–H and O–H groups in total. The Morgan fingerprint density at radius 1 is 1.12 bits per heavy atom. The van der Waals surface area contributed by atoms with Gasteiger partial charge >= 0.3 is 0 Å². The summed E-state index contributed by atoms with van der Waals surface area (Å²) in [5, 5.41) is 3.94. The summed E-state index contributed by atoms with van der Waals surface area (Å²) in [7, 11) is 0. The van der Waals surface area contributed by atoms with Crippen LogP contribution in [0.5, 0.6) is 0 Å². The Balaban J connectivity index is 1.65. The molecule has 6 heteroatoms. The summed E-state index contributed by atoms with van der Waals surface area (Å²) in [5.74, 6) is 1.05. The van der Waals surface area contributed by atoms with Gasteiger partial charge in [0.05, 0.1) is 6.21 Å². The van der Waals surface area contributed by atoms with Crippen LogP contribution >= 0.6 is 38.5 Å². The summed E-state index contributed by atoms with van der Waals surface area (Å²) < 4.78 is 7.71. The zero-order chi connectivity index (χ0) is 16.9. The van der Waals surface area contributed by atoms with Gasteiger partial charge in [0.1, 0.15) is 11.5 Å². The van der Waals surface area contributed by atoms with Gasteiger partial charge in [0.25, 0.3) is 5.91 Å². The van der Waals surface area contributed by atoms with E-state index in [1.807, 2.05) is 42.5 Å². The predicted octanol–water partition coefficient (Wildman–Crippen LogP) is 5.08. The minimum atomic E-state index is -0.260. The molecule has 24 heavy (non-hydrogen) atoms. The Bertz CT molecular complexity index is 888. The van der Waals surface area contributed by atoms with Crippen LogP contribution < -0.4 is 5.43 Å². The maximum absolute atomic E-state index is 12.0. The van der Waals surface area contributed by atoms with Gasteiger partial charge in [0.15, 0.2) is 0 Å². The van der Waals surface area contributed by atoms with Crippen molar-refractivity contribution in [1.82, 2.24) is 5.43 Å². The number of rotatable bonds is 4. The molecule has 120 valence electrons. The van der Waals surface area contributed by atoms with Gasteiger partial charge in [-0.25, -0.2) is 5.43 Å². The second-order valence-corrected chi connectivity index (χ2v) is 7.08. The number of hydrogen-bond donors (Lipinski definition) is 1. The van der Waals surface area contributed by atoms with Crippen LogP contribution in [0.15, 0.2) is 74.7 Å². The number of carbonyl (C=O) groups is 1. The Morgan fingerprint density at radius 2 is 1.92 bits per heavy atom. The summed E-state index contributed by atoms with van der Waals surface area (Å²) in [5.41, 5.74) is 4.03. The van der Waals surface area contributed by atoms with Gasteiger partial charge in [-0.3, -0.25) is 4.79 Å². The van der Waals surface area contributed by atoms with Crippen molar-refractivity contribution < 1.29 is 9.21 Å². The molecule has 0 spiro atoms. The maximum atomic E-state index is 12.0. The average molecular weight is 495 g/mol. The molecule has 1 heterocycles. The monoisotopic (exact) mass is 494 g/mol. The molecule has 0 fully saturated rings. The van der Waals surface area contributed by atoms with E-state index in [2.05, 4.69) is 49.0 Å². The Hall–Kier alpha value is -1.93. The zero-order valence-corrected chi connectivity index (χ0v) is 16.1. The fourth-order valence-electron chi connectivity index (χ4n) is 2.04. The molecular weight excluding hydrogens is 483 g/mol. The standard InChI is InChI=1S/C18H12BrIN2O2/c19-14-6-4-12(5-7-14)17-9-8-16(24-17)11-21-22-18(23)13-2-1-3-15(20)10-13/h1-11H,(H,22,23)/b21-11-. The Kier molecular flexibility index (Phi) is 5.47. The first-order chi connectivity index (χ1) is 11.6. The van der Waals surface area contributed by atoms with Gasteiger partial charge in [-0.15, -0.1) is 0 Å². The number of benzene rings is 2. The minimum Gasteiger partial charge on any atom is -0.455 e. The highest BCUT2D eigenvalue weighted by Gasteiger charge is 2.05. The quantitative estimate of drug-likeness (QED) is 0.312. The van der Waals surface area contributed by atoms with Gasteiger partial charge in [0, 0.05) is 19.2 Å². The van der Waals surface area contributed by atoms with Gasteiger partial charge in [0.2, 0.25) is 0 Å². The molecule has 0 atom stereocenters. The van der Waals surface area contributed by atoms with E-state index < -0.39 is 0 Å². The van der Waals surface area contributed by atoms with Crippen molar-refractivity contribution in [3.63, 3.8) is 0 Å².